The van der Waals surface area contributed by atoms with Crippen LogP contribution in [-0.2, 0) is 9.30 Å². The van der Waals surface area contributed by atoms with Gasteiger partial charge < -0.3 is 20.3 Å². The molecular formula is C11H14N5O4P. The predicted octanol–water partition coefficient (Wildman–Crippen LogP) is 0.564. The molecule has 1 atom stereocenters. The molecule has 112 valence electrons. The van der Waals surface area contributed by atoms with E-state index in [2.05, 4.69) is 15.0 Å². The topological polar surface area (TPSA) is 136 Å². The SMILES string of the molecule is Nc1ncnc2c1ncn2C1=C[C@@H](OCP(=O)(O)O)CC1. The second-order valence-corrected chi connectivity index (χ2v) is 6.33. The third-order valence-electron chi connectivity index (χ3n) is 3.19. The number of hydrogen-bond acceptors (Lipinski definition) is 6. The van der Waals surface area contributed by atoms with E-state index in [4.69, 9.17) is 20.3 Å². The maximum Gasteiger partial charge on any atom is 0.351 e. The predicted molar refractivity (Wildman–Crippen MR) is 75.0 cm³/mol. The standard InChI is InChI=1S/C11H14N5O4P/c12-10-9-11(14-4-13-10)16(5-15-9)7-1-2-8(3-7)20-6-21(17,18)19/h3-5,8H,1-2,6H2,(H2,12,13,14)(H2,17,18,19)/t8-/m0/s1. The van der Waals surface area contributed by atoms with Crippen LogP contribution in [0.5, 0.6) is 0 Å². The fraction of sp³-hybridized carbons (Fsp3) is 0.364. The molecule has 3 rings (SSSR count). The number of aromatic nitrogens is 4. The largest absolute Gasteiger partial charge is 0.382 e. The zero-order valence-electron chi connectivity index (χ0n) is 11.0. The minimum atomic E-state index is -4.15. The zero-order valence-corrected chi connectivity index (χ0v) is 11.8. The van der Waals surface area contributed by atoms with Crippen molar-refractivity contribution in [3.8, 4) is 0 Å². The van der Waals surface area contributed by atoms with Crippen molar-refractivity contribution in [3.63, 3.8) is 0 Å². The quantitative estimate of drug-likeness (QED) is 0.697. The first-order chi connectivity index (χ1) is 9.94. The molecule has 2 aromatic heterocycles. The van der Waals surface area contributed by atoms with Gasteiger partial charge in [0.2, 0.25) is 0 Å². The average molecular weight is 311 g/mol. The molecule has 0 unspecified atom stereocenters. The number of rotatable bonds is 4. The molecule has 21 heavy (non-hydrogen) atoms. The molecule has 1 aliphatic rings. The van der Waals surface area contributed by atoms with Crippen molar-refractivity contribution in [2.75, 3.05) is 12.1 Å². The molecular weight excluding hydrogens is 297 g/mol. The molecule has 0 spiro atoms. The van der Waals surface area contributed by atoms with E-state index >= 15 is 0 Å². The highest BCUT2D eigenvalue weighted by Gasteiger charge is 2.23. The van der Waals surface area contributed by atoms with E-state index in [9.17, 15) is 4.57 Å². The Labute approximate surface area is 119 Å². The number of imidazole rings is 1. The molecule has 0 amide bonds. The van der Waals surface area contributed by atoms with E-state index in [1.807, 2.05) is 6.08 Å². The Bertz CT molecular complexity index is 752. The van der Waals surface area contributed by atoms with E-state index in [1.165, 1.54) is 6.33 Å². The molecule has 1 aliphatic carbocycles. The maximum atomic E-state index is 10.8. The van der Waals surface area contributed by atoms with Gasteiger partial charge in [-0.15, -0.1) is 0 Å². The van der Waals surface area contributed by atoms with Crippen LogP contribution in [0.3, 0.4) is 0 Å². The van der Waals surface area contributed by atoms with Crippen LogP contribution in [0.2, 0.25) is 0 Å². The van der Waals surface area contributed by atoms with Crippen molar-refractivity contribution in [3.05, 3.63) is 18.7 Å². The Morgan fingerprint density at radius 3 is 3.00 bits per heavy atom. The van der Waals surface area contributed by atoms with E-state index in [0.717, 1.165) is 5.70 Å². The molecule has 0 bridgehead atoms. The summed E-state index contributed by atoms with van der Waals surface area (Å²) >= 11 is 0. The molecule has 0 fully saturated rings. The van der Waals surface area contributed by atoms with Crippen molar-refractivity contribution < 1.29 is 19.1 Å². The van der Waals surface area contributed by atoms with Crippen molar-refractivity contribution in [2.24, 2.45) is 0 Å². The van der Waals surface area contributed by atoms with Gasteiger partial charge in [-0.2, -0.15) is 0 Å². The van der Waals surface area contributed by atoms with Crippen LogP contribution in [-0.4, -0.2) is 41.8 Å². The van der Waals surface area contributed by atoms with Crippen LogP contribution in [0.15, 0.2) is 18.7 Å². The van der Waals surface area contributed by atoms with E-state index in [0.29, 0.717) is 29.8 Å². The second kappa shape index (κ2) is 5.19. The van der Waals surface area contributed by atoms with Gasteiger partial charge in [0.25, 0.3) is 0 Å². The van der Waals surface area contributed by atoms with Gasteiger partial charge in [0.15, 0.2) is 17.0 Å². The van der Waals surface area contributed by atoms with Crippen molar-refractivity contribution in [1.82, 2.24) is 19.5 Å². The van der Waals surface area contributed by atoms with Gasteiger partial charge in [-0.1, -0.05) is 0 Å². The third-order valence-corrected chi connectivity index (χ3v) is 3.68. The average Bonchev–Trinajstić information content (AvgIpc) is 3.02. The number of nitrogens with two attached hydrogens (primary N) is 1. The van der Waals surface area contributed by atoms with Gasteiger partial charge in [-0.25, -0.2) is 15.0 Å². The van der Waals surface area contributed by atoms with Crippen molar-refractivity contribution >= 4 is 30.3 Å². The molecule has 0 aliphatic heterocycles. The van der Waals surface area contributed by atoms with Gasteiger partial charge >= 0.3 is 7.60 Å². The second-order valence-electron chi connectivity index (χ2n) is 4.74. The van der Waals surface area contributed by atoms with Gasteiger partial charge in [0, 0.05) is 5.70 Å². The lowest BCUT2D eigenvalue weighted by Gasteiger charge is -2.09. The summed E-state index contributed by atoms with van der Waals surface area (Å²) in [7, 11) is -4.15. The minimum Gasteiger partial charge on any atom is -0.382 e. The number of fused-ring (bicyclic) bond motifs is 1. The van der Waals surface area contributed by atoms with Crippen molar-refractivity contribution in [1.29, 1.82) is 0 Å². The number of nitrogens with zero attached hydrogens (tertiary/aromatic N) is 4. The molecule has 0 saturated heterocycles. The van der Waals surface area contributed by atoms with Crippen molar-refractivity contribution in [2.45, 2.75) is 18.9 Å². The van der Waals surface area contributed by atoms with E-state index < -0.39 is 13.9 Å². The van der Waals surface area contributed by atoms with E-state index in [1.54, 1.807) is 10.9 Å². The lowest BCUT2D eigenvalue weighted by atomic mass is 10.3. The first-order valence-corrected chi connectivity index (χ1v) is 8.04. The number of anilines is 1. The zero-order chi connectivity index (χ0) is 15.0. The molecule has 0 radical (unpaired) electrons. The summed E-state index contributed by atoms with van der Waals surface area (Å²) in [6.07, 6.45) is 5.22. The number of hydrogen-bond donors (Lipinski definition) is 3. The van der Waals surface area contributed by atoms with Crippen LogP contribution in [0, 0.1) is 0 Å². The molecule has 0 saturated carbocycles. The third kappa shape index (κ3) is 2.96. The van der Waals surface area contributed by atoms with Gasteiger partial charge in [-0.3, -0.25) is 9.13 Å². The first kappa shape index (κ1) is 14.2. The highest BCUT2D eigenvalue weighted by Crippen LogP contribution is 2.36. The lowest BCUT2D eigenvalue weighted by Crippen LogP contribution is -2.07. The monoisotopic (exact) mass is 311 g/mol. The van der Waals surface area contributed by atoms with Crippen LogP contribution < -0.4 is 5.73 Å². The lowest BCUT2D eigenvalue weighted by molar-refractivity contribution is 0.108. The Morgan fingerprint density at radius 2 is 2.24 bits per heavy atom. The Kier molecular flexibility index (Phi) is 3.50. The summed E-state index contributed by atoms with van der Waals surface area (Å²) in [5, 5.41) is 0. The van der Waals surface area contributed by atoms with Gasteiger partial charge in [0.1, 0.15) is 19.0 Å². The summed E-state index contributed by atoms with van der Waals surface area (Å²) in [6, 6.07) is 0. The van der Waals surface area contributed by atoms with Crippen LogP contribution in [0.25, 0.3) is 16.9 Å². The van der Waals surface area contributed by atoms with Crippen LogP contribution in [0.4, 0.5) is 5.82 Å². The molecule has 2 aromatic rings. The van der Waals surface area contributed by atoms with Gasteiger partial charge in [-0.05, 0) is 18.9 Å². The highest BCUT2D eigenvalue weighted by molar-refractivity contribution is 7.51. The molecule has 4 N–H and O–H groups in total. The number of allylic oxidation sites excluding steroid dienone is 1. The number of ether oxygens (including phenoxy) is 1. The summed E-state index contributed by atoms with van der Waals surface area (Å²) in [5.74, 6) is 0.312. The minimum absolute atomic E-state index is 0.312. The summed E-state index contributed by atoms with van der Waals surface area (Å²) < 4.78 is 17.8. The summed E-state index contributed by atoms with van der Waals surface area (Å²) in [5.41, 5.74) is 7.77. The molecule has 0 aromatic carbocycles. The first-order valence-electron chi connectivity index (χ1n) is 6.25. The smallest absolute Gasteiger partial charge is 0.351 e. The fourth-order valence-corrected chi connectivity index (χ4v) is 2.65. The van der Waals surface area contributed by atoms with E-state index in [-0.39, 0.29) is 6.10 Å². The summed E-state index contributed by atoms with van der Waals surface area (Å²) in [4.78, 5) is 29.9. The molecule has 2 heterocycles. The van der Waals surface area contributed by atoms with Gasteiger partial charge in [0.05, 0.1) is 6.10 Å². The molecule has 10 heteroatoms. The maximum absolute atomic E-state index is 10.8. The normalized spacial score (nSPS) is 19.1. The van der Waals surface area contributed by atoms with Crippen LogP contribution >= 0.6 is 7.60 Å². The number of nitrogen functional groups attached to an aromatic ring is 1. The Morgan fingerprint density at radius 1 is 1.43 bits per heavy atom. The highest BCUT2D eigenvalue weighted by atomic mass is 31.2. The fourth-order valence-electron chi connectivity index (χ4n) is 2.26. The Hall–Kier alpha value is -1.80. The van der Waals surface area contributed by atoms with Crippen LogP contribution in [0.1, 0.15) is 12.8 Å². The molecule has 9 nitrogen and oxygen atoms in total. The summed E-state index contributed by atoms with van der Waals surface area (Å²) in [6.45, 7) is 0. The Balaban J connectivity index is 1.83.